The lowest BCUT2D eigenvalue weighted by Crippen LogP contribution is -2.19. The van der Waals surface area contributed by atoms with E-state index in [-0.39, 0.29) is 6.10 Å². The third-order valence-electron chi connectivity index (χ3n) is 5.03. The molecular formula is C20H22N8O. The second-order valence-corrected chi connectivity index (χ2v) is 7.31. The summed E-state index contributed by atoms with van der Waals surface area (Å²) in [6, 6.07) is 10.0. The van der Waals surface area contributed by atoms with Crippen LogP contribution in [0.2, 0.25) is 0 Å². The number of rotatable bonds is 6. The van der Waals surface area contributed by atoms with Crippen LogP contribution in [-0.2, 0) is 13.0 Å². The average molecular weight is 390 g/mol. The fourth-order valence-corrected chi connectivity index (χ4v) is 3.68. The molecule has 1 aromatic carbocycles. The van der Waals surface area contributed by atoms with Crippen molar-refractivity contribution in [2.24, 2.45) is 0 Å². The number of pyridine rings is 1. The molecular weight excluding hydrogens is 368 g/mol. The number of aromatic amines is 1. The highest BCUT2D eigenvalue weighted by molar-refractivity contribution is 5.76. The summed E-state index contributed by atoms with van der Waals surface area (Å²) in [6.45, 7) is 2.60. The zero-order valence-corrected chi connectivity index (χ0v) is 15.9. The molecule has 1 saturated heterocycles. The summed E-state index contributed by atoms with van der Waals surface area (Å²) in [5.41, 5.74) is 10.3. The van der Waals surface area contributed by atoms with Crippen LogP contribution in [0.5, 0.6) is 5.75 Å². The Morgan fingerprint density at radius 1 is 1.21 bits per heavy atom. The van der Waals surface area contributed by atoms with Crippen LogP contribution >= 0.6 is 0 Å². The van der Waals surface area contributed by atoms with Crippen molar-refractivity contribution in [2.45, 2.75) is 25.5 Å². The molecule has 4 heterocycles. The number of ether oxygens (including phenoxy) is 1. The Morgan fingerprint density at radius 2 is 2.17 bits per heavy atom. The van der Waals surface area contributed by atoms with E-state index in [2.05, 4.69) is 42.9 Å². The maximum absolute atomic E-state index is 6.06. The van der Waals surface area contributed by atoms with E-state index in [9.17, 15) is 0 Å². The Hall–Kier alpha value is -3.46. The predicted molar refractivity (Wildman–Crippen MR) is 109 cm³/mol. The van der Waals surface area contributed by atoms with Gasteiger partial charge in [-0.05, 0) is 47.9 Å². The lowest BCUT2D eigenvalue weighted by molar-refractivity contribution is 0.223. The van der Waals surface area contributed by atoms with Crippen LogP contribution in [0.25, 0.3) is 11.2 Å². The monoisotopic (exact) mass is 390 g/mol. The highest BCUT2D eigenvalue weighted by Gasteiger charge is 2.16. The number of fused-ring (bicyclic) bond motifs is 1. The zero-order chi connectivity index (χ0) is 19.6. The van der Waals surface area contributed by atoms with Gasteiger partial charge in [0.05, 0.1) is 12.7 Å². The molecule has 0 saturated carbocycles. The molecule has 29 heavy (non-hydrogen) atoms. The van der Waals surface area contributed by atoms with Crippen molar-refractivity contribution < 1.29 is 4.74 Å². The second kappa shape index (κ2) is 7.51. The number of benzene rings is 1. The first-order valence-corrected chi connectivity index (χ1v) is 9.66. The maximum atomic E-state index is 6.06. The number of nitrogens with zero attached hydrogens (tertiary/aromatic N) is 5. The Bertz CT molecular complexity index is 1130. The van der Waals surface area contributed by atoms with E-state index in [0.29, 0.717) is 24.4 Å². The van der Waals surface area contributed by atoms with E-state index in [1.165, 1.54) is 0 Å². The first kappa shape index (κ1) is 17.6. The standard InChI is InChI=1S/C20H22N8O/c21-18-8-15(19-20(24-18)26-27-25-19)6-14-9-23-28(12-14)11-13-2-1-3-16(7-13)29-17-4-5-22-10-17/h1-3,7-9,12,17,22H,4-6,10-11H2,(H3,21,24,25,26,27)/t17-/m0/s1. The van der Waals surface area contributed by atoms with Gasteiger partial charge in [-0.25, -0.2) is 4.98 Å². The largest absolute Gasteiger partial charge is 0.489 e. The zero-order valence-electron chi connectivity index (χ0n) is 15.9. The lowest BCUT2D eigenvalue weighted by Gasteiger charge is -2.13. The van der Waals surface area contributed by atoms with Crippen LogP contribution in [-0.4, -0.2) is 49.4 Å². The van der Waals surface area contributed by atoms with Crippen molar-refractivity contribution in [3.63, 3.8) is 0 Å². The normalized spacial score (nSPS) is 16.5. The predicted octanol–water partition coefficient (Wildman–Crippen LogP) is 1.51. The topological polar surface area (TPSA) is 120 Å². The minimum Gasteiger partial charge on any atom is -0.489 e. The van der Waals surface area contributed by atoms with E-state index in [1.807, 2.05) is 35.3 Å². The molecule has 1 aliphatic heterocycles. The van der Waals surface area contributed by atoms with Gasteiger partial charge in [0.2, 0.25) is 5.65 Å². The molecule has 1 atom stereocenters. The first-order chi connectivity index (χ1) is 14.2. The lowest BCUT2D eigenvalue weighted by atomic mass is 10.1. The smallest absolute Gasteiger partial charge is 0.203 e. The van der Waals surface area contributed by atoms with E-state index < -0.39 is 0 Å². The number of nitrogens with two attached hydrogens (primary N) is 1. The summed E-state index contributed by atoms with van der Waals surface area (Å²) in [7, 11) is 0. The summed E-state index contributed by atoms with van der Waals surface area (Å²) in [4.78, 5) is 4.18. The summed E-state index contributed by atoms with van der Waals surface area (Å²) in [6.07, 6.45) is 5.87. The molecule has 0 bridgehead atoms. The molecule has 0 amide bonds. The van der Waals surface area contributed by atoms with Crippen LogP contribution in [0, 0.1) is 0 Å². The number of nitrogen functional groups attached to an aromatic ring is 1. The van der Waals surface area contributed by atoms with Crippen molar-refractivity contribution >= 4 is 17.0 Å². The van der Waals surface area contributed by atoms with Crippen LogP contribution in [0.15, 0.2) is 42.7 Å². The molecule has 0 radical (unpaired) electrons. The van der Waals surface area contributed by atoms with Gasteiger partial charge < -0.3 is 15.8 Å². The van der Waals surface area contributed by atoms with Gasteiger partial charge in [0.15, 0.2) is 0 Å². The summed E-state index contributed by atoms with van der Waals surface area (Å²) in [5.74, 6) is 1.34. The minimum atomic E-state index is 0.253. The van der Waals surface area contributed by atoms with Crippen molar-refractivity contribution in [2.75, 3.05) is 18.8 Å². The van der Waals surface area contributed by atoms with Gasteiger partial charge in [-0.2, -0.15) is 15.4 Å². The molecule has 9 nitrogen and oxygen atoms in total. The van der Waals surface area contributed by atoms with Gasteiger partial charge in [-0.3, -0.25) is 4.68 Å². The van der Waals surface area contributed by atoms with E-state index in [4.69, 9.17) is 10.5 Å². The number of H-pyrrole nitrogens is 1. The van der Waals surface area contributed by atoms with Gasteiger partial charge in [0, 0.05) is 19.2 Å². The number of aromatic nitrogens is 6. The SMILES string of the molecule is Nc1cc(Cc2cnn(Cc3cccc(O[C@H]4CCNC4)c3)c2)c2n[nH]nc2n1. The van der Waals surface area contributed by atoms with E-state index >= 15 is 0 Å². The molecule has 1 fully saturated rings. The second-order valence-electron chi connectivity index (χ2n) is 7.31. The van der Waals surface area contributed by atoms with Crippen molar-refractivity contribution in [3.05, 3.63) is 59.4 Å². The minimum absolute atomic E-state index is 0.253. The third kappa shape index (κ3) is 3.90. The number of anilines is 1. The van der Waals surface area contributed by atoms with Crippen LogP contribution in [0.1, 0.15) is 23.1 Å². The quantitative estimate of drug-likeness (QED) is 0.456. The fraction of sp³-hybridized carbons (Fsp3) is 0.300. The Morgan fingerprint density at radius 3 is 3.07 bits per heavy atom. The number of hydrogen-bond donors (Lipinski definition) is 3. The van der Waals surface area contributed by atoms with Crippen LogP contribution < -0.4 is 15.8 Å². The molecule has 0 unspecified atom stereocenters. The van der Waals surface area contributed by atoms with E-state index in [1.54, 1.807) is 0 Å². The molecule has 4 N–H and O–H groups in total. The van der Waals surface area contributed by atoms with Gasteiger partial charge in [-0.15, -0.1) is 5.10 Å². The van der Waals surface area contributed by atoms with Gasteiger partial charge in [0.25, 0.3) is 0 Å². The van der Waals surface area contributed by atoms with E-state index in [0.717, 1.165) is 47.5 Å². The highest BCUT2D eigenvalue weighted by Crippen LogP contribution is 2.20. The van der Waals surface area contributed by atoms with Gasteiger partial charge in [-0.1, -0.05) is 12.1 Å². The molecule has 3 aromatic heterocycles. The molecule has 4 aromatic rings. The summed E-state index contributed by atoms with van der Waals surface area (Å²) in [5, 5.41) is 18.6. The molecule has 148 valence electrons. The molecule has 5 rings (SSSR count). The Kier molecular flexibility index (Phi) is 4.57. The van der Waals surface area contributed by atoms with Crippen molar-refractivity contribution in [1.29, 1.82) is 0 Å². The Labute approximate surface area is 167 Å². The first-order valence-electron chi connectivity index (χ1n) is 9.66. The van der Waals surface area contributed by atoms with Gasteiger partial charge >= 0.3 is 0 Å². The van der Waals surface area contributed by atoms with Crippen LogP contribution in [0.4, 0.5) is 5.82 Å². The molecule has 1 aliphatic rings. The number of hydrogen-bond acceptors (Lipinski definition) is 7. The Balaban J connectivity index is 1.29. The number of nitrogens with one attached hydrogen (secondary N) is 2. The van der Waals surface area contributed by atoms with Crippen LogP contribution in [0.3, 0.4) is 0 Å². The van der Waals surface area contributed by atoms with Crippen molar-refractivity contribution in [1.82, 2.24) is 35.5 Å². The maximum Gasteiger partial charge on any atom is 0.203 e. The molecule has 9 heteroatoms. The third-order valence-corrected chi connectivity index (χ3v) is 5.03. The molecule has 0 aliphatic carbocycles. The van der Waals surface area contributed by atoms with Crippen molar-refractivity contribution in [3.8, 4) is 5.75 Å². The molecule has 0 spiro atoms. The summed E-state index contributed by atoms with van der Waals surface area (Å²) >= 11 is 0. The highest BCUT2D eigenvalue weighted by atomic mass is 16.5. The fourth-order valence-electron chi connectivity index (χ4n) is 3.68. The van der Waals surface area contributed by atoms with Gasteiger partial charge in [0.1, 0.15) is 23.2 Å². The average Bonchev–Trinajstić information content (AvgIpc) is 3.44. The summed E-state index contributed by atoms with van der Waals surface area (Å²) < 4.78 is 7.98.